The van der Waals surface area contributed by atoms with Crippen LogP contribution in [-0.2, 0) is 0 Å². The standard InChI is InChI=1S/C3H4O.H2O/c1-2-3-4;/h1,4H,3H2;1H2. The fraction of sp³-hybridized carbons (Fsp3) is 0.333. The third-order valence-electron chi connectivity index (χ3n) is 0.0913. The molecule has 2 heteroatoms. The molecule has 3 N–H and O–H groups in total. The lowest BCUT2D eigenvalue weighted by Crippen LogP contribution is -1.64. The van der Waals surface area contributed by atoms with E-state index in [4.69, 9.17) is 5.11 Å². The van der Waals surface area contributed by atoms with Gasteiger partial charge in [0.25, 0.3) is 0 Å². The van der Waals surface area contributed by atoms with Crippen molar-refractivity contribution in [3.05, 3.63) is 0 Å². The minimum atomic E-state index is -0.153. The monoisotopic (exact) mass is 74.0 g/mol. The second kappa shape index (κ2) is 9.77. The van der Waals surface area contributed by atoms with Crippen molar-refractivity contribution in [1.82, 2.24) is 0 Å². The van der Waals surface area contributed by atoms with Crippen molar-refractivity contribution in [3.8, 4) is 12.3 Å². The Morgan fingerprint density at radius 1 is 1.80 bits per heavy atom. The van der Waals surface area contributed by atoms with Crippen LogP contribution in [0.2, 0.25) is 0 Å². The van der Waals surface area contributed by atoms with Gasteiger partial charge in [0.05, 0.1) is 0 Å². The summed E-state index contributed by atoms with van der Waals surface area (Å²) in [5.74, 6) is 1.99. The molecule has 0 bridgehead atoms. The van der Waals surface area contributed by atoms with Crippen molar-refractivity contribution in [2.45, 2.75) is 0 Å². The van der Waals surface area contributed by atoms with E-state index in [9.17, 15) is 0 Å². The second-order valence-electron chi connectivity index (χ2n) is 0.362. The van der Waals surface area contributed by atoms with Crippen molar-refractivity contribution in [2.75, 3.05) is 6.61 Å². The second-order valence-corrected chi connectivity index (χ2v) is 0.362. The maximum atomic E-state index is 7.64. The Hall–Kier alpha value is -0.520. The summed E-state index contributed by atoms with van der Waals surface area (Å²) in [6.45, 7) is -0.153. The summed E-state index contributed by atoms with van der Waals surface area (Å²) in [6.07, 6.45) is 4.53. The predicted molar refractivity (Wildman–Crippen MR) is 19.5 cm³/mol. The summed E-state index contributed by atoms with van der Waals surface area (Å²) in [4.78, 5) is 0. The van der Waals surface area contributed by atoms with Crippen LogP contribution < -0.4 is 0 Å². The van der Waals surface area contributed by atoms with Crippen LogP contribution in [0, 0.1) is 12.3 Å². The molecule has 30 valence electrons. The summed E-state index contributed by atoms with van der Waals surface area (Å²) in [5.41, 5.74) is 0. The molecule has 0 aliphatic carbocycles. The Bertz CT molecular complexity index is 34.6. The summed E-state index contributed by atoms with van der Waals surface area (Å²) in [7, 11) is 0. The largest absolute Gasteiger partial charge is 0.412 e. The quantitative estimate of drug-likeness (QED) is 0.360. The molecule has 0 saturated carbocycles. The highest BCUT2D eigenvalue weighted by atomic mass is 16.2. The van der Waals surface area contributed by atoms with E-state index in [1.165, 1.54) is 0 Å². The van der Waals surface area contributed by atoms with Gasteiger partial charge in [-0.05, 0) is 0 Å². The molecular formula is C3H6O2. The Kier molecular flexibility index (Phi) is 17.2. The molecule has 0 saturated heterocycles. The third kappa shape index (κ3) is 33.1. The van der Waals surface area contributed by atoms with Crippen molar-refractivity contribution in [1.29, 1.82) is 0 Å². The van der Waals surface area contributed by atoms with Crippen LogP contribution in [0.1, 0.15) is 0 Å². The Morgan fingerprint density at radius 3 is 2.00 bits per heavy atom. The predicted octanol–water partition coefficient (Wildman–Crippen LogP) is -1.21. The third-order valence-corrected chi connectivity index (χ3v) is 0.0913. The van der Waals surface area contributed by atoms with Gasteiger partial charge >= 0.3 is 0 Å². The minimum absolute atomic E-state index is 0. The zero-order chi connectivity index (χ0) is 3.41. The summed E-state index contributed by atoms with van der Waals surface area (Å²) in [5, 5.41) is 7.64. The van der Waals surface area contributed by atoms with Crippen molar-refractivity contribution < 1.29 is 10.6 Å². The highest BCUT2D eigenvalue weighted by Crippen LogP contribution is 1.34. The molecule has 0 radical (unpaired) electrons. The topological polar surface area (TPSA) is 51.7 Å². The average Bonchev–Trinajstić information content (AvgIpc) is 1.37. The van der Waals surface area contributed by atoms with E-state index < -0.39 is 0 Å². The molecule has 0 heterocycles. The fourth-order valence-corrected chi connectivity index (χ4v) is 0. The minimum Gasteiger partial charge on any atom is -0.412 e. The number of terminal acetylenes is 1. The van der Waals surface area contributed by atoms with Crippen LogP contribution >= 0.6 is 0 Å². The van der Waals surface area contributed by atoms with E-state index in [2.05, 4.69) is 6.42 Å². The van der Waals surface area contributed by atoms with E-state index >= 15 is 0 Å². The molecule has 0 aromatic rings. The lowest BCUT2D eigenvalue weighted by atomic mass is 10.8. The first-order valence-corrected chi connectivity index (χ1v) is 0.958. The van der Waals surface area contributed by atoms with E-state index in [1.54, 1.807) is 0 Å². The lowest BCUT2D eigenvalue weighted by molar-refractivity contribution is 0.351. The molecule has 0 aliphatic rings. The van der Waals surface area contributed by atoms with Gasteiger partial charge in [0.1, 0.15) is 6.61 Å². The van der Waals surface area contributed by atoms with E-state index in [1.807, 2.05) is 5.92 Å². The van der Waals surface area contributed by atoms with Gasteiger partial charge in [0.2, 0.25) is 0 Å². The van der Waals surface area contributed by atoms with Gasteiger partial charge in [0, 0.05) is 0 Å². The summed E-state index contributed by atoms with van der Waals surface area (Å²) < 4.78 is 0. The van der Waals surface area contributed by atoms with Gasteiger partial charge in [0.15, 0.2) is 0 Å². The van der Waals surface area contributed by atoms with Crippen LogP contribution in [0.5, 0.6) is 0 Å². The maximum Gasteiger partial charge on any atom is 0.103 e. The smallest absolute Gasteiger partial charge is 0.103 e. The number of aliphatic hydroxyl groups is 1. The van der Waals surface area contributed by atoms with Gasteiger partial charge < -0.3 is 10.6 Å². The molecule has 0 unspecified atom stereocenters. The summed E-state index contributed by atoms with van der Waals surface area (Å²) in [6, 6.07) is 0. The van der Waals surface area contributed by atoms with Gasteiger partial charge in [-0.25, -0.2) is 0 Å². The molecule has 0 rings (SSSR count). The highest BCUT2D eigenvalue weighted by Gasteiger charge is 1.43. The molecule has 0 aromatic carbocycles. The Balaban J connectivity index is 0. The van der Waals surface area contributed by atoms with Gasteiger partial charge in [-0.1, -0.05) is 5.92 Å². The first kappa shape index (κ1) is 8.82. The molecule has 0 fully saturated rings. The van der Waals surface area contributed by atoms with E-state index in [0.717, 1.165) is 0 Å². The SMILES string of the molecule is C#CCO.O. The van der Waals surface area contributed by atoms with Crippen LogP contribution in [0.4, 0.5) is 0 Å². The van der Waals surface area contributed by atoms with Gasteiger partial charge in [-0.3, -0.25) is 0 Å². The summed E-state index contributed by atoms with van der Waals surface area (Å²) >= 11 is 0. The normalized spacial score (nSPS) is 4.00. The van der Waals surface area contributed by atoms with Crippen molar-refractivity contribution in [2.24, 2.45) is 0 Å². The van der Waals surface area contributed by atoms with Crippen LogP contribution in [-0.4, -0.2) is 17.2 Å². The first-order valence-electron chi connectivity index (χ1n) is 0.958. The Morgan fingerprint density at radius 2 is 2.00 bits per heavy atom. The first-order chi connectivity index (χ1) is 1.91. The van der Waals surface area contributed by atoms with E-state index in [0.29, 0.717) is 0 Å². The van der Waals surface area contributed by atoms with E-state index in [-0.39, 0.29) is 12.1 Å². The molecule has 0 aromatic heterocycles. The lowest BCUT2D eigenvalue weighted by Gasteiger charge is -1.55. The fourth-order valence-electron chi connectivity index (χ4n) is 0. The van der Waals surface area contributed by atoms with Gasteiger partial charge in [-0.2, -0.15) is 0 Å². The molecule has 5 heavy (non-hydrogen) atoms. The highest BCUT2D eigenvalue weighted by molar-refractivity contribution is 4.81. The number of rotatable bonds is 0. The molecule has 0 amide bonds. The van der Waals surface area contributed by atoms with Crippen molar-refractivity contribution >= 4 is 0 Å². The van der Waals surface area contributed by atoms with Crippen molar-refractivity contribution in [3.63, 3.8) is 0 Å². The number of hydrogen-bond donors (Lipinski definition) is 1. The zero-order valence-corrected chi connectivity index (χ0v) is 2.73. The number of aliphatic hydroxyl groups excluding tert-OH is 1. The zero-order valence-electron chi connectivity index (χ0n) is 2.73. The molecule has 0 aliphatic heterocycles. The molecular weight excluding hydrogens is 68.0 g/mol. The van der Waals surface area contributed by atoms with Crippen LogP contribution in [0.3, 0.4) is 0 Å². The van der Waals surface area contributed by atoms with Crippen LogP contribution in [0.15, 0.2) is 0 Å². The Labute approximate surface area is 30.7 Å². The molecule has 0 spiro atoms. The average molecular weight is 74.1 g/mol. The van der Waals surface area contributed by atoms with Crippen LogP contribution in [0.25, 0.3) is 0 Å². The maximum absolute atomic E-state index is 7.64. The molecule has 0 atom stereocenters. The molecule has 2 nitrogen and oxygen atoms in total. The van der Waals surface area contributed by atoms with Gasteiger partial charge in [-0.15, -0.1) is 6.42 Å². The number of hydrogen-bond acceptors (Lipinski definition) is 1.